The SMILES string of the molecule is O=C(Nc1ccn2nccc2c1)c1ccc2c(c1)nc(CN1CCC(c3cccc(OCc4ccc(Cl)cc4F)n3)CC1)n2CC1CCO1. The van der Waals surface area contributed by atoms with Gasteiger partial charge in [0.1, 0.15) is 18.2 Å². The maximum atomic E-state index is 14.2. The van der Waals surface area contributed by atoms with E-state index in [9.17, 15) is 9.18 Å². The summed E-state index contributed by atoms with van der Waals surface area (Å²) in [7, 11) is 0. The lowest BCUT2D eigenvalue weighted by molar-refractivity contribution is -0.0592. The number of halogens is 2. The van der Waals surface area contributed by atoms with Gasteiger partial charge in [0.05, 0.1) is 35.7 Å². The van der Waals surface area contributed by atoms with E-state index in [0.29, 0.717) is 40.2 Å². The van der Waals surface area contributed by atoms with Gasteiger partial charge in [-0.2, -0.15) is 5.10 Å². The molecule has 2 aliphatic heterocycles. The number of aromatic nitrogens is 5. The number of fused-ring (bicyclic) bond motifs is 2. The molecule has 0 saturated carbocycles. The molecule has 0 aliphatic carbocycles. The Labute approximate surface area is 287 Å². The molecule has 2 fully saturated rings. The first-order valence-corrected chi connectivity index (χ1v) is 16.9. The van der Waals surface area contributed by atoms with Gasteiger partial charge in [-0.25, -0.2) is 18.9 Å². The van der Waals surface area contributed by atoms with Crippen molar-refractivity contribution in [3.63, 3.8) is 0 Å². The molecule has 6 heterocycles. The number of hydrogen-bond donors (Lipinski definition) is 1. The van der Waals surface area contributed by atoms with E-state index in [0.717, 1.165) is 73.6 Å². The van der Waals surface area contributed by atoms with Gasteiger partial charge < -0.3 is 19.4 Å². The molecule has 1 N–H and O–H groups in total. The molecule has 2 aromatic carbocycles. The summed E-state index contributed by atoms with van der Waals surface area (Å²) in [5.41, 5.74) is 5.37. The number of nitrogens with zero attached hydrogens (tertiary/aromatic N) is 6. The molecule has 0 spiro atoms. The number of carbonyl (C=O) groups is 1. The minimum absolute atomic E-state index is 0.0829. The molecular formula is C37H35ClFN7O3. The molecule has 1 amide bonds. The van der Waals surface area contributed by atoms with E-state index >= 15 is 0 Å². The molecule has 8 rings (SSSR count). The Balaban J connectivity index is 0.936. The average Bonchev–Trinajstić information content (AvgIpc) is 3.70. The second kappa shape index (κ2) is 13.6. The number of anilines is 1. The van der Waals surface area contributed by atoms with Crippen LogP contribution in [0, 0.1) is 5.82 Å². The van der Waals surface area contributed by atoms with Gasteiger partial charge in [-0.3, -0.25) is 9.69 Å². The van der Waals surface area contributed by atoms with Crippen molar-refractivity contribution in [3.05, 3.63) is 119 Å². The highest BCUT2D eigenvalue weighted by atomic mass is 35.5. The Hall–Kier alpha value is -4.84. The van der Waals surface area contributed by atoms with Gasteiger partial charge in [0.15, 0.2) is 0 Å². The Morgan fingerprint density at radius 1 is 1.02 bits per heavy atom. The highest BCUT2D eigenvalue weighted by Crippen LogP contribution is 2.30. The number of imidazole rings is 1. The summed E-state index contributed by atoms with van der Waals surface area (Å²) in [6.07, 6.45) is 6.63. The number of hydrogen-bond acceptors (Lipinski definition) is 7. The van der Waals surface area contributed by atoms with Gasteiger partial charge in [0.25, 0.3) is 5.91 Å². The van der Waals surface area contributed by atoms with Gasteiger partial charge >= 0.3 is 0 Å². The smallest absolute Gasteiger partial charge is 0.255 e. The molecule has 1 unspecified atom stereocenters. The zero-order valence-electron chi connectivity index (χ0n) is 26.8. The van der Waals surface area contributed by atoms with Gasteiger partial charge in [0.2, 0.25) is 5.88 Å². The molecule has 4 aromatic heterocycles. The fourth-order valence-corrected chi connectivity index (χ4v) is 6.75. The lowest BCUT2D eigenvalue weighted by Crippen LogP contribution is -2.35. The van der Waals surface area contributed by atoms with Crippen molar-refractivity contribution < 1.29 is 18.7 Å². The normalized spacial score (nSPS) is 17.0. The number of pyridine rings is 2. The van der Waals surface area contributed by atoms with E-state index in [2.05, 4.69) is 19.9 Å². The maximum absolute atomic E-state index is 14.2. The van der Waals surface area contributed by atoms with Crippen LogP contribution in [0.3, 0.4) is 0 Å². The summed E-state index contributed by atoms with van der Waals surface area (Å²) < 4.78 is 29.9. The first kappa shape index (κ1) is 31.4. The Bertz CT molecular complexity index is 2140. The topological polar surface area (TPSA) is 98.8 Å². The highest BCUT2D eigenvalue weighted by Gasteiger charge is 2.26. The zero-order chi connectivity index (χ0) is 33.3. The molecular weight excluding hydrogens is 645 g/mol. The van der Waals surface area contributed by atoms with E-state index in [-0.39, 0.29) is 18.6 Å². The third-order valence-corrected chi connectivity index (χ3v) is 9.67. The van der Waals surface area contributed by atoms with Crippen molar-refractivity contribution in [2.45, 2.75) is 51.0 Å². The number of piperidine rings is 1. The van der Waals surface area contributed by atoms with Crippen LogP contribution in [0.2, 0.25) is 5.02 Å². The Morgan fingerprint density at radius 2 is 1.90 bits per heavy atom. The van der Waals surface area contributed by atoms with E-state index in [1.54, 1.807) is 28.9 Å². The third-order valence-electron chi connectivity index (χ3n) is 9.43. The summed E-state index contributed by atoms with van der Waals surface area (Å²) in [6.45, 7) is 4.09. The lowest BCUT2D eigenvalue weighted by Gasteiger charge is -2.32. The van der Waals surface area contributed by atoms with Gasteiger partial charge in [0, 0.05) is 58.5 Å². The molecule has 1 atom stereocenters. The van der Waals surface area contributed by atoms with Crippen molar-refractivity contribution in [2.75, 3.05) is 25.0 Å². The number of nitrogens with one attached hydrogen (secondary N) is 1. The Morgan fingerprint density at radius 3 is 2.71 bits per heavy atom. The van der Waals surface area contributed by atoms with Crippen LogP contribution in [0.25, 0.3) is 16.6 Å². The van der Waals surface area contributed by atoms with Crippen LogP contribution >= 0.6 is 11.6 Å². The molecule has 0 bridgehead atoms. The average molecular weight is 680 g/mol. The standard InChI is InChI=1S/C37H35ClFN7O3/c38-27-6-4-26(31(39)19-27)23-49-36-3-1-2-32(43-36)24-9-14-44(15-10-24)22-35-42-33-18-25(5-7-34(33)45(35)21-30-12-17-48-30)37(47)41-28-11-16-46-29(20-28)8-13-40-46/h1-8,11,13,16,18-20,24,30H,9-10,12,14-15,17,21-23H2,(H,41,47). The van der Waals surface area contributed by atoms with Crippen molar-refractivity contribution in [3.8, 4) is 5.88 Å². The minimum Gasteiger partial charge on any atom is -0.473 e. The molecule has 2 aliphatic rings. The van der Waals surface area contributed by atoms with Crippen molar-refractivity contribution in [1.82, 2.24) is 29.0 Å². The fraction of sp³-hybridized carbons (Fsp3) is 0.297. The minimum atomic E-state index is -0.393. The van der Waals surface area contributed by atoms with Crippen molar-refractivity contribution in [1.29, 1.82) is 0 Å². The number of amides is 1. The van der Waals surface area contributed by atoms with Crippen LogP contribution in [-0.4, -0.2) is 60.8 Å². The predicted molar refractivity (Wildman–Crippen MR) is 184 cm³/mol. The van der Waals surface area contributed by atoms with Gasteiger partial charge in [-0.1, -0.05) is 23.7 Å². The highest BCUT2D eigenvalue weighted by molar-refractivity contribution is 6.30. The van der Waals surface area contributed by atoms with Gasteiger partial charge in [-0.05, 0) is 86.9 Å². The lowest BCUT2D eigenvalue weighted by atomic mass is 9.93. The zero-order valence-corrected chi connectivity index (χ0v) is 27.5. The largest absolute Gasteiger partial charge is 0.473 e. The fourth-order valence-electron chi connectivity index (χ4n) is 6.60. The van der Waals surface area contributed by atoms with Crippen molar-refractivity contribution >= 4 is 39.7 Å². The molecule has 12 heteroatoms. The van der Waals surface area contributed by atoms with E-state index in [4.69, 9.17) is 31.0 Å². The second-order valence-electron chi connectivity index (χ2n) is 12.7. The molecule has 250 valence electrons. The Kier molecular flexibility index (Phi) is 8.71. The van der Waals surface area contributed by atoms with Crippen LogP contribution < -0.4 is 10.1 Å². The molecule has 0 radical (unpaired) electrons. The monoisotopic (exact) mass is 679 g/mol. The number of likely N-dealkylation sites (tertiary alicyclic amines) is 1. The van der Waals surface area contributed by atoms with E-state index in [1.807, 2.05) is 54.7 Å². The first-order chi connectivity index (χ1) is 23.9. The number of ether oxygens (including phenoxy) is 2. The summed E-state index contributed by atoms with van der Waals surface area (Å²) >= 11 is 5.88. The molecule has 2 saturated heterocycles. The summed E-state index contributed by atoms with van der Waals surface area (Å²) in [4.78, 5) is 25.5. The summed E-state index contributed by atoms with van der Waals surface area (Å²) in [6, 6.07) is 21.7. The molecule has 6 aromatic rings. The van der Waals surface area contributed by atoms with Crippen LogP contribution in [-0.2, 0) is 24.4 Å². The number of carbonyl (C=O) groups excluding carboxylic acids is 1. The van der Waals surface area contributed by atoms with Crippen LogP contribution in [0.4, 0.5) is 10.1 Å². The van der Waals surface area contributed by atoms with E-state index in [1.165, 1.54) is 6.07 Å². The molecule has 49 heavy (non-hydrogen) atoms. The summed E-state index contributed by atoms with van der Waals surface area (Å²) in [5, 5.41) is 7.58. The number of benzene rings is 2. The van der Waals surface area contributed by atoms with Crippen molar-refractivity contribution in [2.24, 2.45) is 0 Å². The van der Waals surface area contributed by atoms with Crippen LogP contribution in [0.15, 0.2) is 85.2 Å². The van der Waals surface area contributed by atoms with Crippen LogP contribution in [0.5, 0.6) is 5.88 Å². The van der Waals surface area contributed by atoms with Gasteiger partial charge in [-0.15, -0.1) is 0 Å². The predicted octanol–water partition coefficient (Wildman–Crippen LogP) is 6.87. The molecule has 10 nitrogen and oxygen atoms in total. The number of rotatable bonds is 10. The van der Waals surface area contributed by atoms with Crippen LogP contribution in [0.1, 0.15) is 52.6 Å². The first-order valence-electron chi connectivity index (χ1n) is 16.6. The maximum Gasteiger partial charge on any atom is 0.255 e. The second-order valence-corrected chi connectivity index (χ2v) is 13.1. The van der Waals surface area contributed by atoms with E-state index < -0.39 is 5.82 Å². The quantitative estimate of drug-likeness (QED) is 0.169. The summed E-state index contributed by atoms with van der Waals surface area (Å²) in [5.74, 6) is 1.16. The third kappa shape index (κ3) is 6.87.